The Labute approximate surface area is 164 Å². The van der Waals surface area contributed by atoms with Crippen LogP contribution in [0, 0.1) is 0 Å². The Hall–Kier alpha value is -3.22. The largest absolute Gasteiger partial charge is 0.475 e. The average Bonchev–Trinajstić information content (AvgIpc) is 2.72. The van der Waals surface area contributed by atoms with Crippen LogP contribution in [0.1, 0.15) is 13.8 Å². The van der Waals surface area contributed by atoms with Gasteiger partial charge in [0.15, 0.2) is 0 Å². The van der Waals surface area contributed by atoms with E-state index in [0.29, 0.717) is 28.8 Å². The predicted octanol–water partition coefficient (Wildman–Crippen LogP) is 4.19. The van der Waals surface area contributed by atoms with Crippen LogP contribution in [0.4, 0.5) is 10.1 Å². The number of pyridine rings is 1. The van der Waals surface area contributed by atoms with E-state index < -0.39 is 6.67 Å². The van der Waals surface area contributed by atoms with Crippen molar-refractivity contribution in [3.05, 3.63) is 60.3 Å². The van der Waals surface area contributed by atoms with Gasteiger partial charge in [-0.15, -0.1) is 0 Å². The third-order valence-corrected chi connectivity index (χ3v) is 3.85. The zero-order valence-electron chi connectivity index (χ0n) is 16.3. The summed E-state index contributed by atoms with van der Waals surface area (Å²) in [6.45, 7) is 2.73. The number of anilines is 1. The lowest BCUT2D eigenvalue weighted by molar-refractivity contribution is -0.116. The summed E-state index contributed by atoms with van der Waals surface area (Å²) in [4.78, 5) is 22.3. The van der Waals surface area contributed by atoms with Gasteiger partial charge in [-0.1, -0.05) is 24.3 Å². The number of para-hydroxylation sites is 1. The minimum absolute atomic E-state index is 0.0979. The minimum Gasteiger partial charge on any atom is -0.475 e. The van der Waals surface area contributed by atoms with Crippen molar-refractivity contribution in [1.82, 2.24) is 4.98 Å². The lowest BCUT2D eigenvalue weighted by Crippen LogP contribution is -2.33. The Morgan fingerprint density at radius 1 is 1.25 bits per heavy atom. The Morgan fingerprint density at radius 2 is 2.00 bits per heavy atom. The third kappa shape index (κ3) is 5.64. The maximum atomic E-state index is 12.5. The van der Waals surface area contributed by atoms with Crippen LogP contribution in [0.2, 0.25) is 0 Å². The van der Waals surface area contributed by atoms with Crippen molar-refractivity contribution in [2.45, 2.75) is 13.8 Å². The summed E-state index contributed by atoms with van der Waals surface area (Å²) in [5.41, 5.74) is 1.17. The molecule has 1 aromatic heterocycles. The molecule has 0 saturated heterocycles. The number of hydrogen-bond acceptors (Lipinski definition) is 5. The fourth-order valence-corrected chi connectivity index (χ4v) is 2.52. The first kappa shape index (κ1) is 21.1. The highest BCUT2D eigenvalue weighted by Crippen LogP contribution is 2.30. The van der Waals surface area contributed by atoms with E-state index in [4.69, 9.17) is 9.47 Å². The molecule has 0 aliphatic heterocycles. The molecule has 0 unspecified atom stereocenters. The first-order chi connectivity index (χ1) is 13.6. The number of allylic oxidation sites excluding steroid dienone is 1. The summed E-state index contributed by atoms with van der Waals surface area (Å²) in [7, 11) is 1.56. The van der Waals surface area contributed by atoms with Gasteiger partial charge in [-0.25, -0.2) is 9.37 Å². The number of halogens is 1. The smallest absolute Gasteiger partial charge is 0.243 e. The van der Waals surface area contributed by atoms with Crippen LogP contribution in [0.25, 0.3) is 0 Å². The fraction of sp³-hybridized carbons (Fsp3) is 0.286. The van der Waals surface area contributed by atoms with Crippen LogP contribution in [0.5, 0.6) is 11.6 Å². The number of aromatic nitrogens is 1. The van der Waals surface area contributed by atoms with E-state index in [1.807, 2.05) is 25.1 Å². The molecule has 0 aliphatic rings. The average molecular weight is 385 g/mol. The second-order valence-electron chi connectivity index (χ2n) is 5.73. The number of nitrogens with zero attached hydrogens (tertiary/aromatic N) is 3. The minimum atomic E-state index is -0.621. The number of amides is 1. The van der Waals surface area contributed by atoms with Gasteiger partial charge in [-0.05, 0) is 31.2 Å². The van der Waals surface area contributed by atoms with Gasteiger partial charge in [0.25, 0.3) is 0 Å². The maximum absolute atomic E-state index is 12.5. The maximum Gasteiger partial charge on any atom is 0.243 e. The van der Waals surface area contributed by atoms with Crippen molar-refractivity contribution in [2.75, 3.05) is 31.8 Å². The normalized spacial score (nSPS) is 11.9. The standard InChI is InChI=1S/C21H24FN3O3/c1-4-17(20(23-3)27-14-12-22)15-25(16(2)26)19-11-8-13-24-21(19)28-18-9-6-5-7-10-18/h4-11,13H,12,14-15H2,1-3H3. The van der Waals surface area contributed by atoms with E-state index in [2.05, 4.69) is 9.98 Å². The number of carbonyl (C=O) groups excluding carboxylic acids is 1. The molecular weight excluding hydrogens is 361 g/mol. The van der Waals surface area contributed by atoms with Crippen LogP contribution in [0.3, 0.4) is 0 Å². The number of aliphatic imine (C=N–C) groups is 1. The molecule has 7 heteroatoms. The van der Waals surface area contributed by atoms with E-state index in [1.54, 1.807) is 43.6 Å². The quantitative estimate of drug-likeness (QED) is 0.505. The van der Waals surface area contributed by atoms with Gasteiger partial charge >= 0.3 is 0 Å². The molecule has 6 nitrogen and oxygen atoms in total. The summed E-state index contributed by atoms with van der Waals surface area (Å²) >= 11 is 0. The molecule has 0 atom stereocenters. The van der Waals surface area contributed by atoms with Crippen molar-refractivity contribution in [3.8, 4) is 11.6 Å². The zero-order valence-corrected chi connectivity index (χ0v) is 16.3. The highest BCUT2D eigenvalue weighted by atomic mass is 19.1. The summed E-state index contributed by atoms with van der Waals surface area (Å²) in [5, 5.41) is 0. The second kappa shape index (κ2) is 10.8. The van der Waals surface area contributed by atoms with E-state index >= 15 is 0 Å². The third-order valence-electron chi connectivity index (χ3n) is 3.85. The van der Waals surface area contributed by atoms with Crippen LogP contribution < -0.4 is 9.64 Å². The molecule has 0 saturated carbocycles. The fourth-order valence-electron chi connectivity index (χ4n) is 2.52. The van der Waals surface area contributed by atoms with E-state index in [-0.39, 0.29) is 19.1 Å². The van der Waals surface area contributed by atoms with Gasteiger partial charge in [0.05, 0.1) is 6.54 Å². The molecule has 1 aromatic carbocycles. The van der Waals surface area contributed by atoms with Gasteiger partial charge in [0.2, 0.25) is 17.7 Å². The van der Waals surface area contributed by atoms with E-state index in [9.17, 15) is 9.18 Å². The Kier molecular flexibility index (Phi) is 8.14. The van der Waals surface area contributed by atoms with Crippen molar-refractivity contribution < 1.29 is 18.7 Å². The van der Waals surface area contributed by atoms with Gasteiger partial charge in [0.1, 0.15) is 24.7 Å². The summed E-state index contributed by atoms with van der Waals surface area (Å²) < 4.78 is 23.7. The van der Waals surface area contributed by atoms with Crippen LogP contribution in [0.15, 0.2) is 65.3 Å². The first-order valence-electron chi connectivity index (χ1n) is 8.87. The molecule has 2 aromatic rings. The Balaban J connectivity index is 2.32. The molecule has 0 fully saturated rings. The van der Waals surface area contributed by atoms with Gasteiger partial charge in [0, 0.05) is 25.7 Å². The van der Waals surface area contributed by atoms with Gasteiger partial charge in [-0.3, -0.25) is 9.79 Å². The van der Waals surface area contributed by atoms with Crippen LogP contribution in [-0.2, 0) is 9.53 Å². The lowest BCUT2D eigenvalue weighted by atomic mass is 10.2. The number of ether oxygens (including phenoxy) is 2. The van der Waals surface area contributed by atoms with Gasteiger partial charge < -0.3 is 14.4 Å². The molecule has 0 radical (unpaired) electrons. The van der Waals surface area contributed by atoms with Gasteiger partial charge in [-0.2, -0.15) is 0 Å². The van der Waals surface area contributed by atoms with Crippen molar-refractivity contribution in [3.63, 3.8) is 0 Å². The lowest BCUT2D eigenvalue weighted by Gasteiger charge is -2.24. The number of rotatable bonds is 8. The number of hydrogen-bond donors (Lipinski definition) is 0. The number of carbonyl (C=O) groups is 1. The van der Waals surface area contributed by atoms with Crippen molar-refractivity contribution in [1.29, 1.82) is 0 Å². The van der Waals surface area contributed by atoms with Crippen molar-refractivity contribution in [2.24, 2.45) is 4.99 Å². The van der Waals surface area contributed by atoms with E-state index in [1.165, 1.54) is 11.8 Å². The molecule has 1 heterocycles. The number of alkyl halides is 1. The molecular formula is C21H24FN3O3. The SMILES string of the molecule is CC=C(CN(C(C)=O)c1cccnc1Oc1ccccc1)C(=NC)OCCF. The van der Waals surface area contributed by atoms with Crippen LogP contribution in [-0.4, -0.2) is 43.7 Å². The Morgan fingerprint density at radius 3 is 2.61 bits per heavy atom. The molecule has 0 bridgehead atoms. The number of benzene rings is 1. The summed E-state index contributed by atoms with van der Waals surface area (Å²) in [6.07, 6.45) is 3.38. The molecule has 28 heavy (non-hydrogen) atoms. The highest BCUT2D eigenvalue weighted by molar-refractivity contribution is 5.99. The second-order valence-corrected chi connectivity index (χ2v) is 5.73. The summed E-state index contributed by atoms with van der Waals surface area (Å²) in [6, 6.07) is 12.7. The topological polar surface area (TPSA) is 64.0 Å². The molecule has 0 spiro atoms. The molecule has 1 amide bonds. The summed E-state index contributed by atoms with van der Waals surface area (Å²) in [5.74, 6) is 1.00. The zero-order chi connectivity index (χ0) is 20.4. The molecule has 148 valence electrons. The monoisotopic (exact) mass is 385 g/mol. The molecule has 0 aliphatic carbocycles. The predicted molar refractivity (Wildman–Crippen MR) is 108 cm³/mol. The van der Waals surface area contributed by atoms with Crippen molar-refractivity contribution >= 4 is 17.5 Å². The highest BCUT2D eigenvalue weighted by Gasteiger charge is 2.21. The Bertz CT molecular complexity index is 838. The molecule has 2 rings (SSSR count). The van der Waals surface area contributed by atoms with Crippen LogP contribution >= 0.6 is 0 Å². The molecule has 0 N–H and O–H groups in total. The first-order valence-corrected chi connectivity index (χ1v) is 8.87. The van der Waals surface area contributed by atoms with E-state index in [0.717, 1.165) is 0 Å².